The minimum absolute atomic E-state index is 0.499. The molecule has 3 unspecified atom stereocenters. The Kier molecular flexibility index (Phi) is 5.06. The van der Waals surface area contributed by atoms with Crippen molar-refractivity contribution < 1.29 is 0 Å². The smallest absolute Gasteiger partial charge is 0.0428 e. The molecule has 4 aliphatic carbocycles. The lowest BCUT2D eigenvalue weighted by atomic mass is 9.46. The summed E-state index contributed by atoms with van der Waals surface area (Å²) in [4.78, 5) is 0. The van der Waals surface area contributed by atoms with Gasteiger partial charge in [0.05, 0.1) is 0 Å². The second-order valence-corrected chi connectivity index (χ2v) is 11.0. The van der Waals surface area contributed by atoms with Crippen LogP contribution < -0.4 is 11.1 Å². The fourth-order valence-electron chi connectivity index (χ4n) is 8.37. The zero-order valence-corrected chi connectivity index (χ0v) is 17.7. The van der Waals surface area contributed by atoms with E-state index in [1.54, 1.807) is 0 Å². The van der Waals surface area contributed by atoms with Crippen molar-refractivity contribution in [2.75, 3.05) is 13.2 Å². The normalized spacial score (nSPS) is 47.9. The molecule has 0 bridgehead atoms. The topological polar surface area (TPSA) is 38.0 Å². The van der Waals surface area contributed by atoms with E-state index in [1.165, 1.54) is 51.4 Å². The average molecular weight is 359 g/mol. The Morgan fingerprint density at radius 3 is 2.62 bits per heavy atom. The maximum Gasteiger partial charge on any atom is 0.0428 e. The van der Waals surface area contributed by atoms with Gasteiger partial charge >= 0.3 is 0 Å². The molecule has 0 aromatic carbocycles. The van der Waals surface area contributed by atoms with Crippen molar-refractivity contribution in [1.29, 1.82) is 0 Å². The van der Waals surface area contributed by atoms with Gasteiger partial charge in [-0.1, -0.05) is 39.3 Å². The van der Waals surface area contributed by atoms with Gasteiger partial charge in [-0.3, -0.25) is 0 Å². The fraction of sp³-hybridized carbons (Fsp3) is 0.917. The molecule has 4 aliphatic rings. The molecule has 3 saturated carbocycles. The highest BCUT2D eigenvalue weighted by Crippen LogP contribution is 2.67. The second-order valence-electron chi connectivity index (χ2n) is 11.0. The first-order chi connectivity index (χ1) is 12.4. The third kappa shape index (κ3) is 2.82. The molecule has 0 heterocycles. The van der Waals surface area contributed by atoms with E-state index in [9.17, 15) is 0 Å². The van der Waals surface area contributed by atoms with Crippen LogP contribution >= 0.6 is 0 Å². The van der Waals surface area contributed by atoms with E-state index < -0.39 is 0 Å². The van der Waals surface area contributed by atoms with E-state index in [1.807, 2.05) is 5.57 Å². The molecular weight excluding hydrogens is 316 g/mol. The van der Waals surface area contributed by atoms with Crippen LogP contribution in [0.1, 0.15) is 79.1 Å². The molecule has 0 saturated heterocycles. The van der Waals surface area contributed by atoms with Gasteiger partial charge in [-0.25, -0.2) is 0 Å². The first-order valence-electron chi connectivity index (χ1n) is 11.5. The molecule has 0 radical (unpaired) electrons. The molecule has 26 heavy (non-hydrogen) atoms. The molecule has 3 N–H and O–H groups in total. The number of hydrogen-bond acceptors (Lipinski definition) is 2. The zero-order valence-electron chi connectivity index (χ0n) is 17.7. The van der Waals surface area contributed by atoms with Gasteiger partial charge in [0, 0.05) is 13.2 Å². The van der Waals surface area contributed by atoms with Crippen molar-refractivity contribution in [3.8, 4) is 0 Å². The van der Waals surface area contributed by atoms with Gasteiger partial charge in [0.25, 0.3) is 0 Å². The van der Waals surface area contributed by atoms with Crippen molar-refractivity contribution in [3.05, 3.63) is 11.6 Å². The van der Waals surface area contributed by atoms with Gasteiger partial charge in [-0.2, -0.15) is 0 Å². The summed E-state index contributed by atoms with van der Waals surface area (Å²) in [5, 5.41) is 3.37. The molecule has 0 amide bonds. The molecule has 2 nitrogen and oxygen atoms in total. The molecule has 2 heteroatoms. The van der Waals surface area contributed by atoms with Gasteiger partial charge in [0.15, 0.2) is 0 Å². The molecule has 0 aromatic heterocycles. The molecule has 4 rings (SSSR count). The molecule has 0 aromatic rings. The van der Waals surface area contributed by atoms with Gasteiger partial charge in [0.1, 0.15) is 0 Å². The Bertz CT molecular complexity index is 552. The van der Waals surface area contributed by atoms with Crippen LogP contribution in [0, 0.1) is 46.3 Å². The van der Waals surface area contributed by atoms with Crippen LogP contribution in [-0.4, -0.2) is 13.2 Å². The van der Waals surface area contributed by atoms with Gasteiger partial charge in [-0.15, -0.1) is 0 Å². The molecule has 3 fully saturated rings. The number of rotatable bonds is 4. The van der Waals surface area contributed by atoms with Crippen molar-refractivity contribution in [2.24, 2.45) is 52.1 Å². The molecular formula is C24H42N2. The lowest BCUT2D eigenvalue weighted by molar-refractivity contribution is -0.0588. The maximum atomic E-state index is 5.65. The lowest BCUT2D eigenvalue weighted by Crippen LogP contribution is -2.51. The first-order valence-corrected chi connectivity index (χ1v) is 11.5. The number of nitrogens with two attached hydrogens (primary N) is 1. The van der Waals surface area contributed by atoms with Crippen LogP contribution in [0.5, 0.6) is 0 Å². The molecule has 0 aliphatic heterocycles. The van der Waals surface area contributed by atoms with E-state index >= 15 is 0 Å². The van der Waals surface area contributed by atoms with E-state index in [2.05, 4.69) is 39.1 Å². The van der Waals surface area contributed by atoms with E-state index in [0.29, 0.717) is 23.4 Å². The van der Waals surface area contributed by atoms with Gasteiger partial charge in [-0.05, 0) is 97.7 Å². The largest absolute Gasteiger partial charge is 0.318 e. The minimum Gasteiger partial charge on any atom is -0.318 e. The van der Waals surface area contributed by atoms with Crippen LogP contribution in [0.2, 0.25) is 0 Å². The van der Waals surface area contributed by atoms with Crippen LogP contribution in [0.25, 0.3) is 0 Å². The maximum absolute atomic E-state index is 5.65. The summed E-state index contributed by atoms with van der Waals surface area (Å²) in [6, 6.07) is 0. The van der Waals surface area contributed by atoms with Crippen molar-refractivity contribution >= 4 is 0 Å². The van der Waals surface area contributed by atoms with Crippen molar-refractivity contribution in [1.82, 2.24) is 5.32 Å². The number of fused-ring (bicyclic) bond motifs is 5. The van der Waals surface area contributed by atoms with Crippen LogP contribution in [0.4, 0.5) is 0 Å². The number of hydrogen-bond donors (Lipinski definition) is 2. The van der Waals surface area contributed by atoms with Crippen LogP contribution in [0.15, 0.2) is 11.6 Å². The Balaban J connectivity index is 1.56. The fourth-order valence-corrected chi connectivity index (χ4v) is 8.37. The third-order valence-corrected chi connectivity index (χ3v) is 9.64. The lowest BCUT2D eigenvalue weighted by Gasteiger charge is -2.59. The summed E-state index contributed by atoms with van der Waals surface area (Å²) >= 11 is 0. The van der Waals surface area contributed by atoms with Crippen LogP contribution in [-0.2, 0) is 0 Å². The zero-order chi connectivity index (χ0) is 18.5. The quantitative estimate of drug-likeness (QED) is 0.525. The Morgan fingerprint density at radius 1 is 1.08 bits per heavy atom. The van der Waals surface area contributed by atoms with Gasteiger partial charge < -0.3 is 11.1 Å². The highest BCUT2D eigenvalue weighted by Gasteiger charge is 2.59. The Labute approximate surface area is 161 Å². The summed E-state index contributed by atoms with van der Waals surface area (Å²) in [5.74, 6) is 5.50. The van der Waals surface area contributed by atoms with Crippen molar-refractivity contribution in [3.63, 3.8) is 0 Å². The second kappa shape index (κ2) is 6.92. The monoisotopic (exact) mass is 358 g/mol. The predicted octanol–water partition coefficient (Wildman–Crippen LogP) is 5.34. The third-order valence-electron chi connectivity index (χ3n) is 9.64. The Hall–Kier alpha value is -0.340. The summed E-state index contributed by atoms with van der Waals surface area (Å²) in [7, 11) is 0. The molecule has 7 atom stereocenters. The predicted molar refractivity (Wildman–Crippen MR) is 111 cm³/mol. The summed E-state index contributed by atoms with van der Waals surface area (Å²) in [6.07, 6.45) is 14.3. The van der Waals surface area contributed by atoms with Gasteiger partial charge in [0.2, 0.25) is 0 Å². The van der Waals surface area contributed by atoms with E-state index in [4.69, 9.17) is 5.73 Å². The summed E-state index contributed by atoms with van der Waals surface area (Å²) < 4.78 is 0. The molecule has 0 spiro atoms. The SMILES string of the molecule is CC(C)[C@H]1CCC2C3CCC4=C[C@@H](CNCN)CC[C@]4(C)C3CC[C@@]21C. The standard InChI is InChI=1S/C24H42N2/c1-16(2)20-7-8-21-19-6-5-18-13-17(14-26-15-25)9-11-23(18,3)22(19)10-12-24(20,21)4/h13,16-17,19-22,26H,5-12,14-15,25H2,1-4H3/t17-,19?,20+,21?,22?,23-,24+/m0/s1. The number of nitrogens with one attached hydrogen (secondary N) is 1. The Morgan fingerprint density at radius 2 is 1.88 bits per heavy atom. The average Bonchev–Trinajstić information content (AvgIpc) is 2.97. The van der Waals surface area contributed by atoms with E-state index in [-0.39, 0.29) is 0 Å². The molecule has 148 valence electrons. The van der Waals surface area contributed by atoms with Crippen LogP contribution in [0.3, 0.4) is 0 Å². The van der Waals surface area contributed by atoms with Crippen molar-refractivity contribution in [2.45, 2.75) is 79.1 Å². The minimum atomic E-state index is 0.499. The first kappa shape index (κ1) is 19.0. The number of allylic oxidation sites excluding steroid dienone is 1. The van der Waals surface area contributed by atoms with E-state index in [0.717, 1.165) is 36.1 Å². The summed E-state index contributed by atoms with van der Waals surface area (Å²) in [5.41, 5.74) is 8.60. The highest BCUT2D eigenvalue weighted by atomic mass is 14.9. The highest BCUT2D eigenvalue weighted by molar-refractivity contribution is 5.25. The summed E-state index contributed by atoms with van der Waals surface area (Å²) in [6.45, 7) is 11.9.